The van der Waals surface area contributed by atoms with Crippen molar-refractivity contribution in [1.29, 1.82) is 0 Å². The molecular formula is C20H25N3O3S2. The summed E-state index contributed by atoms with van der Waals surface area (Å²) in [6, 6.07) is 9.79. The first-order valence-electron chi connectivity index (χ1n) is 9.35. The molecule has 2 aromatic rings. The Labute approximate surface area is 174 Å². The molecular weight excluding hydrogens is 394 g/mol. The molecule has 0 spiro atoms. The normalized spacial score (nSPS) is 16.2. The number of hydrogen-bond acceptors (Lipinski definition) is 6. The molecule has 1 aromatic heterocycles. The van der Waals surface area contributed by atoms with E-state index < -0.39 is 0 Å². The van der Waals surface area contributed by atoms with Gasteiger partial charge in [0.15, 0.2) is 16.6 Å². The van der Waals surface area contributed by atoms with Gasteiger partial charge in [-0.3, -0.25) is 5.43 Å². The van der Waals surface area contributed by atoms with Crippen LogP contribution in [-0.2, 0) is 11.3 Å². The predicted octanol–water partition coefficient (Wildman–Crippen LogP) is 3.70. The molecule has 0 saturated carbocycles. The minimum absolute atomic E-state index is 0.235. The summed E-state index contributed by atoms with van der Waals surface area (Å²) in [5.74, 6) is 1.41. The highest BCUT2D eigenvalue weighted by Crippen LogP contribution is 2.29. The molecule has 2 N–H and O–H groups in total. The molecule has 1 aromatic carbocycles. The number of thiophene rings is 1. The van der Waals surface area contributed by atoms with Gasteiger partial charge >= 0.3 is 0 Å². The van der Waals surface area contributed by atoms with E-state index in [9.17, 15) is 0 Å². The van der Waals surface area contributed by atoms with Gasteiger partial charge < -0.3 is 19.5 Å². The van der Waals surface area contributed by atoms with E-state index in [4.69, 9.17) is 26.4 Å². The number of hydrogen-bond donors (Lipinski definition) is 2. The van der Waals surface area contributed by atoms with E-state index in [2.05, 4.69) is 15.8 Å². The van der Waals surface area contributed by atoms with Crippen molar-refractivity contribution in [2.24, 2.45) is 5.10 Å². The van der Waals surface area contributed by atoms with Gasteiger partial charge in [0.1, 0.15) is 6.61 Å². The molecule has 1 atom stereocenters. The SMILES string of the molecule is CCOc1cc(/C=N\NC(=S)NC[C@H]2CCCO2)ccc1OCc1cccs1. The molecule has 1 aliphatic heterocycles. The molecule has 1 aliphatic rings. The van der Waals surface area contributed by atoms with Crippen LogP contribution in [0.2, 0.25) is 0 Å². The molecule has 0 aliphatic carbocycles. The van der Waals surface area contributed by atoms with E-state index in [1.807, 2.05) is 42.6 Å². The first-order valence-corrected chi connectivity index (χ1v) is 10.6. The van der Waals surface area contributed by atoms with E-state index in [1.165, 1.54) is 4.88 Å². The first kappa shape index (κ1) is 20.6. The molecule has 1 saturated heterocycles. The van der Waals surface area contributed by atoms with E-state index in [0.29, 0.717) is 36.4 Å². The highest BCUT2D eigenvalue weighted by molar-refractivity contribution is 7.80. The molecule has 6 nitrogen and oxygen atoms in total. The number of nitrogens with one attached hydrogen (secondary N) is 2. The zero-order chi connectivity index (χ0) is 19.6. The van der Waals surface area contributed by atoms with Gasteiger partial charge in [-0.2, -0.15) is 5.10 Å². The number of hydrazone groups is 1. The van der Waals surface area contributed by atoms with Crippen LogP contribution in [0.15, 0.2) is 40.8 Å². The van der Waals surface area contributed by atoms with Gasteiger partial charge in [-0.15, -0.1) is 11.3 Å². The Morgan fingerprint density at radius 1 is 1.36 bits per heavy atom. The smallest absolute Gasteiger partial charge is 0.187 e. The summed E-state index contributed by atoms with van der Waals surface area (Å²) in [4.78, 5) is 1.17. The summed E-state index contributed by atoms with van der Waals surface area (Å²) in [6.45, 7) is 4.57. The molecule has 150 valence electrons. The van der Waals surface area contributed by atoms with Gasteiger partial charge in [0.05, 0.1) is 18.9 Å². The predicted molar refractivity (Wildman–Crippen MR) is 117 cm³/mol. The van der Waals surface area contributed by atoms with Crippen LogP contribution in [-0.4, -0.2) is 37.2 Å². The third-order valence-electron chi connectivity index (χ3n) is 4.11. The number of ether oxygens (including phenoxy) is 3. The molecule has 8 heteroatoms. The lowest BCUT2D eigenvalue weighted by Gasteiger charge is -2.12. The van der Waals surface area contributed by atoms with Crippen molar-refractivity contribution in [3.05, 3.63) is 46.2 Å². The van der Waals surface area contributed by atoms with Crippen LogP contribution >= 0.6 is 23.6 Å². The van der Waals surface area contributed by atoms with Crippen LogP contribution in [0.4, 0.5) is 0 Å². The van der Waals surface area contributed by atoms with Crippen LogP contribution in [0.3, 0.4) is 0 Å². The second-order valence-electron chi connectivity index (χ2n) is 6.22. The standard InChI is InChI=1S/C20H25N3O3S2/c1-2-24-19-11-15(7-8-18(19)26-14-17-6-4-10-28-17)12-22-23-20(27)21-13-16-5-3-9-25-16/h4,6-8,10-12,16H,2-3,5,9,13-14H2,1H3,(H2,21,23,27)/b22-12-/t16-/m1/s1. The minimum Gasteiger partial charge on any atom is -0.490 e. The summed E-state index contributed by atoms with van der Waals surface area (Å²) in [5, 5.41) is 9.83. The number of rotatable bonds is 9. The lowest BCUT2D eigenvalue weighted by atomic mass is 10.2. The lowest BCUT2D eigenvalue weighted by Crippen LogP contribution is -2.37. The summed E-state index contributed by atoms with van der Waals surface area (Å²) < 4.78 is 17.2. The third-order valence-corrected chi connectivity index (χ3v) is 5.20. The van der Waals surface area contributed by atoms with E-state index in [1.54, 1.807) is 17.6 Å². The second-order valence-corrected chi connectivity index (χ2v) is 7.66. The fourth-order valence-electron chi connectivity index (χ4n) is 2.75. The second kappa shape index (κ2) is 11.0. The van der Waals surface area contributed by atoms with Gasteiger partial charge in [-0.25, -0.2) is 0 Å². The zero-order valence-electron chi connectivity index (χ0n) is 15.8. The number of benzene rings is 1. The van der Waals surface area contributed by atoms with E-state index in [0.717, 1.165) is 25.0 Å². The quantitative estimate of drug-likeness (QED) is 0.367. The third kappa shape index (κ3) is 6.47. The Morgan fingerprint density at radius 3 is 3.04 bits per heavy atom. The van der Waals surface area contributed by atoms with Crippen molar-refractivity contribution in [3.63, 3.8) is 0 Å². The Kier molecular flexibility index (Phi) is 8.07. The van der Waals surface area contributed by atoms with Crippen LogP contribution in [0.25, 0.3) is 0 Å². The Morgan fingerprint density at radius 2 is 2.29 bits per heavy atom. The Balaban J connectivity index is 1.51. The van der Waals surface area contributed by atoms with Crippen LogP contribution in [0, 0.1) is 0 Å². The lowest BCUT2D eigenvalue weighted by molar-refractivity contribution is 0.114. The highest BCUT2D eigenvalue weighted by Gasteiger charge is 2.15. The molecule has 3 rings (SSSR count). The van der Waals surface area contributed by atoms with Gasteiger partial charge in [-0.1, -0.05) is 6.07 Å². The van der Waals surface area contributed by atoms with Crippen molar-refractivity contribution in [2.75, 3.05) is 19.8 Å². The first-order chi connectivity index (χ1) is 13.7. The summed E-state index contributed by atoms with van der Waals surface area (Å²) in [7, 11) is 0. The van der Waals surface area contributed by atoms with E-state index in [-0.39, 0.29) is 6.10 Å². The molecule has 0 amide bonds. The molecule has 2 heterocycles. The van der Waals surface area contributed by atoms with Gasteiger partial charge in [-0.05, 0) is 67.2 Å². The summed E-state index contributed by atoms with van der Waals surface area (Å²) in [5.41, 5.74) is 3.72. The fourth-order valence-corrected chi connectivity index (χ4v) is 3.50. The largest absolute Gasteiger partial charge is 0.490 e. The van der Waals surface area contributed by atoms with Gasteiger partial charge in [0.25, 0.3) is 0 Å². The maximum absolute atomic E-state index is 5.90. The topological polar surface area (TPSA) is 64.1 Å². The molecule has 28 heavy (non-hydrogen) atoms. The summed E-state index contributed by atoms with van der Waals surface area (Å²) >= 11 is 6.90. The number of nitrogens with zero attached hydrogens (tertiary/aromatic N) is 1. The van der Waals surface area contributed by atoms with Crippen molar-refractivity contribution < 1.29 is 14.2 Å². The fraction of sp³-hybridized carbons (Fsp3) is 0.400. The summed E-state index contributed by atoms with van der Waals surface area (Å²) in [6.07, 6.45) is 4.12. The average Bonchev–Trinajstić information content (AvgIpc) is 3.40. The van der Waals surface area contributed by atoms with Crippen LogP contribution in [0.1, 0.15) is 30.2 Å². The monoisotopic (exact) mass is 419 g/mol. The van der Waals surface area contributed by atoms with Crippen molar-refractivity contribution in [1.82, 2.24) is 10.7 Å². The van der Waals surface area contributed by atoms with Crippen molar-refractivity contribution >= 4 is 34.9 Å². The Bertz CT molecular complexity index is 775. The van der Waals surface area contributed by atoms with Crippen LogP contribution in [0.5, 0.6) is 11.5 Å². The minimum atomic E-state index is 0.235. The van der Waals surface area contributed by atoms with Gasteiger partial charge in [0.2, 0.25) is 0 Å². The maximum Gasteiger partial charge on any atom is 0.187 e. The highest BCUT2D eigenvalue weighted by atomic mass is 32.1. The maximum atomic E-state index is 5.90. The molecule has 0 unspecified atom stereocenters. The average molecular weight is 420 g/mol. The van der Waals surface area contributed by atoms with Crippen molar-refractivity contribution in [3.8, 4) is 11.5 Å². The van der Waals surface area contributed by atoms with Gasteiger partial charge in [0, 0.05) is 18.0 Å². The van der Waals surface area contributed by atoms with Crippen molar-refractivity contribution in [2.45, 2.75) is 32.5 Å². The molecule has 0 radical (unpaired) electrons. The Hall–Kier alpha value is -2.16. The molecule has 1 fully saturated rings. The zero-order valence-corrected chi connectivity index (χ0v) is 17.5. The number of thiocarbonyl (C=S) groups is 1. The van der Waals surface area contributed by atoms with Crippen LogP contribution < -0.4 is 20.2 Å². The molecule has 0 bridgehead atoms. The van der Waals surface area contributed by atoms with E-state index >= 15 is 0 Å².